The normalized spacial score (nSPS) is 11.1. The van der Waals surface area contributed by atoms with Gasteiger partial charge in [0.1, 0.15) is 6.54 Å². The maximum absolute atomic E-state index is 11.4. The molecule has 1 rings (SSSR count). The second-order valence-electron chi connectivity index (χ2n) is 3.19. The van der Waals surface area contributed by atoms with Gasteiger partial charge in [-0.15, -0.1) is 0 Å². The molecule has 7 nitrogen and oxygen atoms in total. The Morgan fingerprint density at radius 3 is 2.75 bits per heavy atom. The number of nitrogens with zero attached hydrogens (tertiary/aromatic N) is 1. The quantitative estimate of drug-likeness (QED) is 0.673. The van der Waals surface area contributed by atoms with E-state index >= 15 is 0 Å². The fourth-order valence-corrected chi connectivity index (χ4v) is 1.55. The maximum atomic E-state index is 11.4. The summed E-state index contributed by atoms with van der Waals surface area (Å²) in [6.07, 6.45) is 2.20. The zero-order valence-electron chi connectivity index (χ0n) is 8.50. The lowest BCUT2D eigenvalue weighted by Gasteiger charge is -2.05. The molecule has 0 fully saturated rings. The SMILES string of the molecule is CS(=O)(=O)NC(=O)Cn1cccc(N)c1=O. The molecule has 1 aromatic rings. The molecule has 1 aromatic heterocycles. The highest BCUT2D eigenvalue weighted by atomic mass is 32.2. The van der Waals surface area contributed by atoms with Gasteiger partial charge in [-0.1, -0.05) is 0 Å². The Bertz CT molecular complexity index is 561. The van der Waals surface area contributed by atoms with Crippen molar-refractivity contribution in [3.63, 3.8) is 0 Å². The number of anilines is 1. The van der Waals surface area contributed by atoms with Gasteiger partial charge in [0.2, 0.25) is 10.0 Å². The van der Waals surface area contributed by atoms with Gasteiger partial charge in [-0.05, 0) is 12.1 Å². The molecule has 1 amide bonds. The number of hydrogen-bond acceptors (Lipinski definition) is 5. The summed E-state index contributed by atoms with van der Waals surface area (Å²) in [5.74, 6) is -0.796. The van der Waals surface area contributed by atoms with Gasteiger partial charge in [-0.25, -0.2) is 8.42 Å². The number of nitrogen functional groups attached to an aromatic ring is 1. The molecule has 0 aliphatic carbocycles. The van der Waals surface area contributed by atoms with Crippen LogP contribution in [0.5, 0.6) is 0 Å². The lowest BCUT2D eigenvalue weighted by Crippen LogP contribution is -2.35. The third kappa shape index (κ3) is 3.39. The molecular weight excluding hydrogens is 234 g/mol. The van der Waals surface area contributed by atoms with Crippen molar-refractivity contribution in [2.24, 2.45) is 0 Å². The minimum absolute atomic E-state index is 0.00495. The summed E-state index contributed by atoms with van der Waals surface area (Å²) in [6, 6.07) is 2.89. The number of sulfonamides is 1. The molecule has 0 aliphatic heterocycles. The van der Waals surface area contributed by atoms with E-state index < -0.39 is 28.0 Å². The molecule has 0 saturated carbocycles. The van der Waals surface area contributed by atoms with Gasteiger partial charge in [0.25, 0.3) is 11.5 Å². The minimum atomic E-state index is -3.61. The van der Waals surface area contributed by atoms with Gasteiger partial charge < -0.3 is 10.3 Å². The van der Waals surface area contributed by atoms with E-state index in [4.69, 9.17) is 5.73 Å². The van der Waals surface area contributed by atoms with Gasteiger partial charge in [-0.3, -0.25) is 14.3 Å². The first-order valence-electron chi connectivity index (χ1n) is 4.25. The lowest BCUT2D eigenvalue weighted by atomic mass is 10.4. The van der Waals surface area contributed by atoms with Crippen LogP contribution in [-0.2, 0) is 21.4 Å². The van der Waals surface area contributed by atoms with Crippen LogP contribution in [-0.4, -0.2) is 25.1 Å². The number of nitrogens with two attached hydrogens (primary N) is 1. The number of pyridine rings is 1. The van der Waals surface area contributed by atoms with E-state index in [9.17, 15) is 18.0 Å². The van der Waals surface area contributed by atoms with Crippen LogP contribution in [0.1, 0.15) is 0 Å². The second kappa shape index (κ2) is 4.35. The highest BCUT2D eigenvalue weighted by molar-refractivity contribution is 7.89. The molecular formula is C8H11N3O4S. The number of carbonyl (C=O) groups is 1. The van der Waals surface area contributed by atoms with Crippen LogP contribution in [0.3, 0.4) is 0 Å². The molecule has 0 spiro atoms. The van der Waals surface area contributed by atoms with Crippen molar-refractivity contribution >= 4 is 21.6 Å². The molecule has 0 aliphatic rings. The molecule has 0 saturated heterocycles. The van der Waals surface area contributed by atoms with Gasteiger partial charge in [0.05, 0.1) is 11.9 Å². The second-order valence-corrected chi connectivity index (χ2v) is 4.94. The van der Waals surface area contributed by atoms with Crippen molar-refractivity contribution in [1.82, 2.24) is 9.29 Å². The van der Waals surface area contributed by atoms with Crippen LogP contribution in [0.4, 0.5) is 5.69 Å². The number of nitrogens with one attached hydrogen (secondary N) is 1. The van der Waals surface area contributed by atoms with Crippen molar-refractivity contribution in [3.05, 3.63) is 28.7 Å². The van der Waals surface area contributed by atoms with E-state index in [1.165, 1.54) is 18.3 Å². The molecule has 0 aromatic carbocycles. The highest BCUT2D eigenvalue weighted by Crippen LogP contribution is 1.91. The largest absolute Gasteiger partial charge is 0.394 e. The predicted molar refractivity (Wildman–Crippen MR) is 58.1 cm³/mol. The lowest BCUT2D eigenvalue weighted by molar-refractivity contribution is -0.119. The van der Waals surface area contributed by atoms with E-state index in [1.54, 1.807) is 4.72 Å². The fraction of sp³-hybridized carbons (Fsp3) is 0.250. The molecule has 0 radical (unpaired) electrons. The third-order valence-corrected chi connectivity index (χ3v) is 2.26. The van der Waals surface area contributed by atoms with Crippen molar-refractivity contribution in [1.29, 1.82) is 0 Å². The van der Waals surface area contributed by atoms with Crippen LogP contribution in [0.15, 0.2) is 23.1 Å². The maximum Gasteiger partial charge on any atom is 0.274 e. The number of amides is 1. The summed E-state index contributed by atoms with van der Waals surface area (Å²) in [6.45, 7) is -0.392. The van der Waals surface area contributed by atoms with Crippen molar-refractivity contribution in [2.45, 2.75) is 6.54 Å². The molecule has 8 heteroatoms. The first kappa shape index (κ1) is 12.2. The Morgan fingerprint density at radius 1 is 1.56 bits per heavy atom. The van der Waals surface area contributed by atoms with Crippen LogP contribution in [0, 0.1) is 0 Å². The van der Waals surface area contributed by atoms with Crippen LogP contribution in [0.2, 0.25) is 0 Å². The van der Waals surface area contributed by atoms with Crippen molar-refractivity contribution < 1.29 is 13.2 Å². The van der Waals surface area contributed by atoms with E-state index in [-0.39, 0.29) is 5.69 Å². The summed E-state index contributed by atoms with van der Waals surface area (Å²) >= 11 is 0. The number of carbonyl (C=O) groups excluding carboxylic acids is 1. The average Bonchev–Trinajstić information content (AvgIpc) is 2.09. The minimum Gasteiger partial charge on any atom is -0.394 e. The van der Waals surface area contributed by atoms with Crippen molar-refractivity contribution in [3.8, 4) is 0 Å². The molecule has 0 bridgehead atoms. The number of aromatic nitrogens is 1. The van der Waals surface area contributed by atoms with E-state index in [0.717, 1.165) is 10.8 Å². The van der Waals surface area contributed by atoms with Crippen LogP contribution in [0.25, 0.3) is 0 Å². The molecule has 88 valence electrons. The number of hydrogen-bond donors (Lipinski definition) is 2. The Balaban J connectivity index is 2.86. The first-order valence-corrected chi connectivity index (χ1v) is 6.14. The molecule has 3 N–H and O–H groups in total. The Labute approximate surface area is 91.9 Å². The highest BCUT2D eigenvalue weighted by Gasteiger charge is 2.10. The Hall–Kier alpha value is -1.83. The van der Waals surface area contributed by atoms with E-state index in [1.807, 2.05) is 0 Å². The van der Waals surface area contributed by atoms with E-state index in [0.29, 0.717) is 0 Å². The topological polar surface area (TPSA) is 111 Å². The monoisotopic (exact) mass is 245 g/mol. The summed E-state index contributed by atoms with van der Waals surface area (Å²) in [5.41, 5.74) is 4.80. The summed E-state index contributed by atoms with van der Waals surface area (Å²) in [4.78, 5) is 22.6. The summed E-state index contributed by atoms with van der Waals surface area (Å²) in [5, 5.41) is 0. The standard InChI is InChI=1S/C8H11N3O4S/c1-16(14,15)10-7(12)5-11-4-2-3-6(9)8(11)13/h2-4H,5,9H2,1H3,(H,10,12). The van der Waals surface area contributed by atoms with Gasteiger partial charge in [-0.2, -0.15) is 0 Å². The van der Waals surface area contributed by atoms with Crippen LogP contribution < -0.4 is 16.0 Å². The Morgan fingerprint density at radius 2 is 2.19 bits per heavy atom. The van der Waals surface area contributed by atoms with Gasteiger partial charge in [0, 0.05) is 6.20 Å². The van der Waals surface area contributed by atoms with Crippen molar-refractivity contribution in [2.75, 3.05) is 12.0 Å². The molecule has 1 heterocycles. The zero-order chi connectivity index (χ0) is 12.3. The number of rotatable bonds is 3. The fourth-order valence-electron chi connectivity index (χ4n) is 1.07. The van der Waals surface area contributed by atoms with E-state index in [2.05, 4.69) is 0 Å². The first-order chi connectivity index (χ1) is 7.29. The summed E-state index contributed by atoms with van der Waals surface area (Å²) < 4.78 is 24.3. The average molecular weight is 245 g/mol. The summed E-state index contributed by atoms with van der Waals surface area (Å²) in [7, 11) is -3.61. The zero-order valence-corrected chi connectivity index (χ0v) is 9.32. The van der Waals surface area contributed by atoms with Gasteiger partial charge >= 0.3 is 0 Å². The Kier molecular flexibility index (Phi) is 3.33. The molecule has 0 atom stereocenters. The van der Waals surface area contributed by atoms with Gasteiger partial charge in [0.15, 0.2) is 0 Å². The predicted octanol–water partition coefficient (Wildman–Crippen LogP) is -1.49. The smallest absolute Gasteiger partial charge is 0.274 e. The van der Waals surface area contributed by atoms with Crippen LogP contribution >= 0.6 is 0 Å². The molecule has 0 unspecified atom stereocenters. The molecule has 16 heavy (non-hydrogen) atoms. The third-order valence-electron chi connectivity index (χ3n) is 1.66.